The third-order valence-corrected chi connectivity index (χ3v) is 7.16. The van der Waals surface area contributed by atoms with Crippen molar-refractivity contribution < 1.29 is 19.1 Å². The number of pyridine rings is 1. The minimum atomic E-state index is -0.456. The van der Waals surface area contributed by atoms with Crippen molar-refractivity contribution >= 4 is 28.3 Å². The summed E-state index contributed by atoms with van der Waals surface area (Å²) in [4.78, 5) is 30.6. The molecule has 0 amide bonds. The van der Waals surface area contributed by atoms with Crippen LogP contribution < -0.4 is 14.8 Å². The van der Waals surface area contributed by atoms with Crippen molar-refractivity contribution in [3.63, 3.8) is 0 Å². The number of nitrogens with one attached hydrogen (secondary N) is 1. The van der Waals surface area contributed by atoms with Crippen molar-refractivity contribution in [3.05, 3.63) is 106 Å². The van der Waals surface area contributed by atoms with Crippen LogP contribution in [0.2, 0.25) is 0 Å². The summed E-state index contributed by atoms with van der Waals surface area (Å²) < 4.78 is 11.4. The van der Waals surface area contributed by atoms with Crippen molar-refractivity contribution in [2.75, 3.05) is 12.4 Å². The normalized spacial score (nSPS) is 16.6. The lowest BCUT2D eigenvalue weighted by atomic mass is 9.74. The van der Waals surface area contributed by atoms with Crippen LogP contribution in [0.1, 0.15) is 52.2 Å². The minimum Gasteiger partial charge on any atom is -0.493 e. The van der Waals surface area contributed by atoms with Gasteiger partial charge in [-0.05, 0) is 73.4 Å². The van der Waals surface area contributed by atoms with E-state index >= 15 is 0 Å². The Morgan fingerprint density at radius 3 is 2.65 bits per heavy atom. The topological polar surface area (TPSA) is 77.5 Å². The number of esters is 1. The van der Waals surface area contributed by atoms with Crippen LogP contribution in [0, 0.1) is 6.92 Å². The molecule has 0 unspecified atom stereocenters. The highest BCUT2D eigenvalue weighted by atomic mass is 16.6. The molecule has 2 aliphatic rings. The summed E-state index contributed by atoms with van der Waals surface area (Å²) in [5, 5.41) is 4.54. The number of anilines is 1. The molecule has 0 radical (unpaired) electrons. The maximum atomic E-state index is 13.3. The maximum absolute atomic E-state index is 13.3. The number of Topliss-reactive ketones (excluding diaryl/α,β-unsaturated/α-hetero) is 1. The number of carbonyl (C=O) groups excluding carboxylic acids is 2. The van der Waals surface area contributed by atoms with Crippen LogP contribution in [0.15, 0.2) is 84.2 Å². The van der Waals surface area contributed by atoms with E-state index in [-0.39, 0.29) is 11.7 Å². The van der Waals surface area contributed by atoms with E-state index in [1.807, 2.05) is 55.5 Å². The second kappa shape index (κ2) is 9.21. The van der Waals surface area contributed by atoms with Crippen LogP contribution in [0.25, 0.3) is 10.9 Å². The number of hydrogen-bond donors (Lipinski definition) is 1. The van der Waals surface area contributed by atoms with Gasteiger partial charge in [-0.15, -0.1) is 0 Å². The van der Waals surface area contributed by atoms with Gasteiger partial charge >= 0.3 is 5.97 Å². The van der Waals surface area contributed by atoms with E-state index in [0.29, 0.717) is 23.5 Å². The van der Waals surface area contributed by atoms with E-state index in [0.717, 1.165) is 57.4 Å². The summed E-state index contributed by atoms with van der Waals surface area (Å²) in [6.45, 7) is 1.97. The molecule has 1 atom stereocenters. The molecular formula is C31H26N2O4. The molecule has 0 bridgehead atoms. The van der Waals surface area contributed by atoms with E-state index in [1.54, 1.807) is 31.5 Å². The number of fused-ring (bicyclic) bond motifs is 3. The lowest BCUT2D eigenvalue weighted by Gasteiger charge is -2.35. The SMILES string of the molecule is COc1cc([C@@H]2C3=C(CCCC3=O)Nc3ccc4ncccc4c32)ccc1OC(=O)c1ccc(C)cc1. The van der Waals surface area contributed by atoms with Crippen LogP contribution >= 0.6 is 0 Å². The first kappa shape index (κ1) is 23.0. The molecule has 1 aliphatic carbocycles. The zero-order valence-electron chi connectivity index (χ0n) is 20.7. The van der Waals surface area contributed by atoms with E-state index in [1.165, 1.54) is 0 Å². The molecule has 0 saturated carbocycles. The predicted octanol–water partition coefficient (Wildman–Crippen LogP) is 6.34. The van der Waals surface area contributed by atoms with Gasteiger partial charge in [-0.1, -0.05) is 29.8 Å². The molecule has 1 aromatic heterocycles. The summed E-state index contributed by atoms with van der Waals surface area (Å²) in [5.41, 5.74) is 7.07. The van der Waals surface area contributed by atoms with Gasteiger partial charge in [-0.3, -0.25) is 9.78 Å². The Hall–Kier alpha value is -4.45. The fourth-order valence-electron chi connectivity index (χ4n) is 5.36. The van der Waals surface area contributed by atoms with Crippen molar-refractivity contribution in [3.8, 4) is 11.5 Å². The number of ether oxygens (including phenoxy) is 2. The number of nitrogens with zero attached hydrogens (tertiary/aromatic N) is 1. The van der Waals surface area contributed by atoms with Crippen LogP contribution in [-0.2, 0) is 4.79 Å². The number of benzene rings is 3. The molecule has 0 saturated heterocycles. The van der Waals surface area contributed by atoms with Gasteiger partial charge in [0, 0.05) is 40.9 Å². The largest absolute Gasteiger partial charge is 0.493 e. The van der Waals surface area contributed by atoms with Crippen molar-refractivity contribution in [1.82, 2.24) is 4.98 Å². The standard InChI is InChI=1S/C31H26N2O4/c1-18-8-10-19(11-9-18)31(35)37-26-15-12-20(17-27(26)36-2)28-29-21-5-4-16-32-22(21)13-14-24(29)33-23-6-3-7-25(34)30(23)28/h4-5,8-17,28,33H,3,6-7H2,1-2H3/t28-/m0/s1. The summed E-state index contributed by atoms with van der Waals surface area (Å²) in [6.07, 6.45) is 3.96. The highest BCUT2D eigenvalue weighted by molar-refractivity contribution is 6.03. The highest BCUT2D eigenvalue weighted by Crippen LogP contribution is 2.48. The first-order valence-corrected chi connectivity index (χ1v) is 12.4. The summed E-state index contributed by atoms with van der Waals surface area (Å²) in [7, 11) is 1.55. The average molecular weight is 491 g/mol. The summed E-state index contributed by atoms with van der Waals surface area (Å²) in [5.74, 6) is 0.168. The number of methoxy groups -OCH3 is 1. The lowest BCUT2D eigenvalue weighted by Crippen LogP contribution is -2.27. The molecule has 2 heterocycles. The number of rotatable bonds is 4. The molecule has 1 N–H and O–H groups in total. The Bertz CT molecular complexity index is 1590. The number of carbonyl (C=O) groups is 2. The van der Waals surface area contributed by atoms with Crippen molar-refractivity contribution in [2.45, 2.75) is 32.1 Å². The molecule has 37 heavy (non-hydrogen) atoms. The Balaban J connectivity index is 1.46. The second-order valence-corrected chi connectivity index (χ2v) is 9.49. The molecule has 0 fully saturated rings. The first-order chi connectivity index (χ1) is 18.0. The maximum Gasteiger partial charge on any atom is 0.343 e. The van der Waals surface area contributed by atoms with Crippen molar-refractivity contribution in [1.29, 1.82) is 0 Å². The van der Waals surface area contributed by atoms with E-state index < -0.39 is 5.97 Å². The molecule has 0 spiro atoms. The monoisotopic (exact) mass is 490 g/mol. The van der Waals surface area contributed by atoms with Crippen LogP contribution in [0.5, 0.6) is 11.5 Å². The second-order valence-electron chi connectivity index (χ2n) is 9.49. The van der Waals surface area contributed by atoms with Crippen LogP contribution in [-0.4, -0.2) is 23.8 Å². The molecule has 4 aromatic rings. The van der Waals surface area contributed by atoms with Crippen molar-refractivity contribution in [2.24, 2.45) is 0 Å². The van der Waals surface area contributed by atoms with Gasteiger partial charge in [0.1, 0.15) is 0 Å². The Kier molecular flexibility index (Phi) is 5.72. The first-order valence-electron chi connectivity index (χ1n) is 12.4. The van der Waals surface area contributed by atoms with Gasteiger partial charge in [0.15, 0.2) is 17.3 Å². The molecular weight excluding hydrogens is 464 g/mol. The summed E-state index contributed by atoms with van der Waals surface area (Å²) >= 11 is 0. The fraction of sp³-hybridized carbons (Fsp3) is 0.194. The molecule has 6 rings (SSSR count). The Morgan fingerprint density at radius 2 is 1.84 bits per heavy atom. The van der Waals surface area contributed by atoms with E-state index in [9.17, 15) is 9.59 Å². The van der Waals surface area contributed by atoms with Gasteiger partial charge in [0.05, 0.1) is 18.2 Å². The lowest BCUT2D eigenvalue weighted by molar-refractivity contribution is -0.116. The number of ketones is 1. The molecule has 6 nitrogen and oxygen atoms in total. The zero-order chi connectivity index (χ0) is 25.5. The third kappa shape index (κ3) is 4.04. The number of aromatic nitrogens is 1. The van der Waals surface area contributed by atoms with Crippen LogP contribution in [0.3, 0.4) is 0 Å². The fourth-order valence-corrected chi connectivity index (χ4v) is 5.36. The molecule has 6 heteroatoms. The number of allylic oxidation sites excluding steroid dienone is 2. The molecule has 1 aliphatic heterocycles. The van der Waals surface area contributed by atoms with Gasteiger partial charge in [0.25, 0.3) is 0 Å². The van der Waals surface area contributed by atoms with Gasteiger partial charge < -0.3 is 14.8 Å². The van der Waals surface area contributed by atoms with Gasteiger partial charge in [-0.2, -0.15) is 0 Å². The average Bonchev–Trinajstić information content (AvgIpc) is 2.92. The Labute approximate surface area is 214 Å². The number of aryl methyl sites for hydroxylation is 1. The quantitative estimate of drug-likeness (QED) is 0.266. The van der Waals surface area contributed by atoms with Crippen LogP contribution in [0.4, 0.5) is 5.69 Å². The summed E-state index contributed by atoms with van der Waals surface area (Å²) in [6, 6.07) is 20.8. The van der Waals surface area contributed by atoms with E-state index in [2.05, 4.69) is 10.3 Å². The van der Waals surface area contributed by atoms with Gasteiger partial charge in [0.2, 0.25) is 0 Å². The zero-order valence-corrected chi connectivity index (χ0v) is 20.7. The Morgan fingerprint density at radius 1 is 1.00 bits per heavy atom. The predicted molar refractivity (Wildman–Crippen MR) is 142 cm³/mol. The minimum absolute atomic E-state index is 0.152. The van der Waals surface area contributed by atoms with Gasteiger partial charge in [-0.25, -0.2) is 4.79 Å². The molecule has 184 valence electrons. The highest BCUT2D eigenvalue weighted by Gasteiger charge is 2.36. The van der Waals surface area contributed by atoms with E-state index in [4.69, 9.17) is 9.47 Å². The third-order valence-electron chi connectivity index (χ3n) is 7.16. The smallest absolute Gasteiger partial charge is 0.343 e. The molecule has 3 aromatic carbocycles. The number of hydrogen-bond acceptors (Lipinski definition) is 6.